The highest BCUT2D eigenvalue weighted by Gasteiger charge is 2.22. The molecule has 1 aromatic carbocycles. The lowest BCUT2D eigenvalue weighted by atomic mass is 9.97. The Kier molecular flexibility index (Phi) is 2.49. The van der Waals surface area contributed by atoms with Gasteiger partial charge in [-0.2, -0.15) is 0 Å². The summed E-state index contributed by atoms with van der Waals surface area (Å²) < 4.78 is 0.656. The van der Waals surface area contributed by atoms with Gasteiger partial charge < -0.3 is 10.4 Å². The van der Waals surface area contributed by atoms with Crippen LogP contribution in [0.4, 0.5) is 0 Å². The molecule has 0 unspecified atom stereocenters. The van der Waals surface area contributed by atoms with Gasteiger partial charge in [-0.3, -0.25) is 0 Å². The van der Waals surface area contributed by atoms with E-state index in [0.29, 0.717) is 15.2 Å². The van der Waals surface area contributed by atoms with Gasteiger partial charge in [0.05, 0.1) is 4.47 Å². The third-order valence-electron chi connectivity index (χ3n) is 2.26. The predicted octanol–water partition coefficient (Wildman–Crippen LogP) is 2.84. The summed E-state index contributed by atoms with van der Waals surface area (Å²) in [6, 6.07) is 3.76. The lowest BCUT2D eigenvalue weighted by molar-refractivity contribution is 0.364. The standard InChI is InChI=1S/C9H9BrClNO/c10-7-4-5(11)3-6(9(7)13)8-1-2-12-8/h3-4,8,12-13H,1-2H2/t8-/m1/s1. The second-order valence-electron chi connectivity index (χ2n) is 3.12. The second kappa shape index (κ2) is 3.48. The molecule has 1 fully saturated rings. The van der Waals surface area contributed by atoms with Gasteiger partial charge >= 0.3 is 0 Å². The van der Waals surface area contributed by atoms with Crippen LogP contribution >= 0.6 is 27.5 Å². The molecule has 0 radical (unpaired) electrons. The summed E-state index contributed by atoms with van der Waals surface area (Å²) in [7, 11) is 0. The van der Waals surface area contributed by atoms with Crippen LogP contribution in [0.15, 0.2) is 16.6 Å². The lowest BCUT2D eigenvalue weighted by Gasteiger charge is -2.28. The van der Waals surface area contributed by atoms with E-state index in [1.54, 1.807) is 12.1 Å². The summed E-state index contributed by atoms with van der Waals surface area (Å²) in [5.74, 6) is 0.293. The van der Waals surface area contributed by atoms with E-state index in [1.807, 2.05) is 0 Å². The molecular weight excluding hydrogens is 253 g/mol. The molecular formula is C9H9BrClNO. The van der Waals surface area contributed by atoms with E-state index in [9.17, 15) is 5.11 Å². The summed E-state index contributed by atoms with van der Waals surface area (Å²) in [6.07, 6.45) is 1.06. The van der Waals surface area contributed by atoms with Crippen LogP contribution in [0.25, 0.3) is 0 Å². The molecule has 2 N–H and O–H groups in total. The average molecular weight is 263 g/mol. The van der Waals surface area contributed by atoms with Crippen molar-refractivity contribution in [2.75, 3.05) is 6.54 Å². The van der Waals surface area contributed by atoms with Gasteiger partial charge in [0.2, 0.25) is 0 Å². The first kappa shape index (κ1) is 9.31. The minimum Gasteiger partial charge on any atom is -0.506 e. The van der Waals surface area contributed by atoms with E-state index >= 15 is 0 Å². The lowest BCUT2D eigenvalue weighted by Crippen LogP contribution is -2.34. The van der Waals surface area contributed by atoms with E-state index in [4.69, 9.17) is 11.6 Å². The molecule has 70 valence electrons. The molecule has 0 aliphatic carbocycles. The molecule has 0 amide bonds. The zero-order chi connectivity index (χ0) is 9.42. The normalized spacial score (nSPS) is 21.2. The topological polar surface area (TPSA) is 32.3 Å². The van der Waals surface area contributed by atoms with Crippen molar-refractivity contribution in [2.45, 2.75) is 12.5 Å². The van der Waals surface area contributed by atoms with Crippen LogP contribution < -0.4 is 5.32 Å². The van der Waals surface area contributed by atoms with Crippen molar-refractivity contribution in [1.82, 2.24) is 5.32 Å². The Balaban J connectivity index is 2.42. The molecule has 0 bridgehead atoms. The van der Waals surface area contributed by atoms with Gasteiger partial charge in [-0.25, -0.2) is 0 Å². The van der Waals surface area contributed by atoms with Crippen molar-refractivity contribution in [3.8, 4) is 5.75 Å². The molecule has 0 spiro atoms. The molecule has 13 heavy (non-hydrogen) atoms. The molecule has 2 rings (SSSR count). The number of halogens is 2. The maximum absolute atomic E-state index is 9.71. The highest BCUT2D eigenvalue weighted by atomic mass is 79.9. The van der Waals surface area contributed by atoms with Gasteiger partial charge in [0.25, 0.3) is 0 Å². The molecule has 0 aromatic heterocycles. The summed E-state index contributed by atoms with van der Waals surface area (Å²) in [5, 5.41) is 13.6. The Bertz CT molecular complexity index is 339. The second-order valence-corrected chi connectivity index (χ2v) is 4.41. The van der Waals surface area contributed by atoms with Crippen molar-refractivity contribution in [3.05, 3.63) is 27.2 Å². The minimum atomic E-state index is 0.259. The summed E-state index contributed by atoms with van der Waals surface area (Å²) in [4.78, 5) is 0. The van der Waals surface area contributed by atoms with Crippen LogP contribution in [-0.2, 0) is 0 Å². The largest absolute Gasteiger partial charge is 0.506 e. The Hall–Kier alpha value is -0.250. The number of aromatic hydroxyl groups is 1. The maximum Gasteiger partial charge on any atom is 0.134 e. The Morgan fingerprint density at radius 2 is 2.23 bits per heavy atom. The highest BCUT2D eigenvalue weighted by molar-refractivity contribution is 9.10. The maximum atomic E-state index is 9.71. The van der Waals surface area contributed by atoms with Gasteiger partial charge in [-0.05, 0) is 41.0 Å². The fraction of sp³-hybridized carbons (Fsp3) is 0.333. The number of hydrogen-bond acceptors (Lipinski definition) is 2. The Morgan fingerprint density at radius 3 is 2.77 bits per heavy atom. The monoisotopic (exact) mass is 261 g/mol. The predicted molar refractivity (Wildman–Crippen MR) is 56.2 cm³/mol. The van der Waals surface area contributed by atoms with Crippen LogP contribution in [0.1, 0.15) is 18.0 Å². The number of hydrogen-bond donors (Lipinski definition) is 2. The minimum absolute atomic E-state index is 0.259. The first-order chi connectivity index (χ1) is 6.18. The smallest absolute Gasteiger partial charge is 0.134 e. The Morgan fingerprint density at radius 1 is 1.54 bits per heavy atom. The van der Waals surface area contributed by atoms with Gasteiger partial charge in [-0.15, -0.1) is 0 Å². The molecule has 2 nitrogen and oxygen atoms in total. The van der Waals surface area contributed by atoms with Crippen LogP contribution in [0.2, 0.25) is 5.02 Å². The van der Waals surface area contributed by atoms with Crippen LogP contribution in [0.5, 0.6) is 5.75 Å². The number of phenols is 1. The Labute approximate surface area is 90.0 Å². The molecule has 1 aliphatic heterocycles. The van der Waals surface area contributed by atoms with E-state index in [2.05, 4.69) is 21.2 Å². The number of phenolic OH excluding ortho intramolecular Hbond substituents is 1. The van der Waals surface area contributed by atoms with Crippen molar-refractivity contribution < 1.29 is 5.11 Å². The van der Waals surface area contributed by atoms with Gasteiger partial charge in [0, 0.05) is 16.6 Å². The average Bonchev–Trinajstić information content (AvgIpc) is 1.95. The van der Waals surface area contributed by atoms with E-state index in [-0.39, 0.29) is 6.04 Å². The fourth-order valence-electron chi connectivity index (χ4n) is 1.41. The van der Waals surface area contributed by atoms with Crippen molar-refractivity contribution >= 4 is 27.5 Å². The highest BCUT2D eigenvalue weighted by Crippen LogP contribution is 2.37. The van der Waals surface area contributed by atoms with Gasteiger partial charge in [-0.1, -0.05) is 11.6 Å². The van der Waals surface area contributed by atoms with Crippen molar-refractivity contribution in [2.24, 2.45) is 0 Å². The molecule has 0 saturated carbocycles. The molecule has 1 aromatic rings. The molecule has 1 aliphatic rings. The third-order valence-corrected chi connectivity index (χ3v) is 3.08. The van der Waals surface area contributed by atoms with E-state index in [1.165, 1.54) is 0 Å². The van der Waals surface area contributed by atoms with Crippen LogP contribution in [0, 0.1) is 0 Å². The van der Waals surface area contributed by atoms with Crippen LogP contribution in [0.3, 0.4) is 0 Å². The zero-order valence-corrected chi connectivity index (χ0v) is 9.19. The fourth-order valence-corrected chi connectivity index (χ4v) is 2.24. The number of rotatable bonds is 1. The summed E-state index contributed by atoms with van der Waals surface area (Å²) in [6.45, 7) is 1.01. The SMILES string of the molecule is Oc1c(Br)cc(Cl)cc1[C@H]1CCN1. The van der Waals surface area contributed by atoms with Gasteiger partial charge in [0.15, 0.2) is 0 Å². The van der Waals surface area contributed by atoms with E-state index in [0.717, 1.165) is 18.5 Å². The molecule has 1 heterocycles. The molecule has 1 atom stereocenters. The van der Waals surface area contributed by atoms with Crippen molar-refractivity contribution in [1.29, 1.82) is 0 Å². The third kappa shape index (κ3) is 1.68. The van der Waals surface area contributed by atoms with Crippen LogP contribution in [-0.4, -0.2) is 11.7 Å². The van der Waals surface area contributed by atoms with Crippen molar-refractivity contribution in [3.63, 3.8) is 0 Å². The first-order valence-corrected chi connectivity index (χ1v) is 5.27. The first-order valence-electron chi connectivity index (χ1n) is 4.10. The van der Waals surface area contributed by atoms with E-state index < -0.39 is 0 Å². The van der Waals surface area contributed by atoms with Gasteiger partial charge in [0.1, 0.15) is 5.75 Å². The number of benzene rings is 1. The summed E-state index contributed by atoms with van der Waals surface area (Å²) >= 11 is 9.13. The quantitative estimate of drug-likeness (QED) is 0.816. The molecule has 1 saturated heterocycles. The zero-order valence-electron chi connectivity index (χ0n) is 6.85. The summed E-state index contributed by atoms with van der Waals surface area (Å²) in [5.41, 5.74) is 0.880. The molecule has 4 heteroatoms. The number of nitrogens with one attached hydrogen (secondary N) is 1.